The largest absolute Gasteiger partial charge is 0.338 e. The number of amides is 6. The zero-order valence-corrected chi connectivity index (χ0v) is 20.1. The average molecular weight is 479 g/mol. The molecule has 1 fully saturated rings. The highest BCUT2D eigenvalue weighted by Gasteiger charge is 2.42. The first-order valence-electron chi connectivity index (χ1n) is 12.3. The van der Waals surface area contributed by atoms with Crippen LogP contribution in [0.3, 0.4) is 0 Å². The molecule has 6 amide bonds. The van der Waals surface area contributed by atoms with E-state index in [2.05, 4.69) is 20.6 Å². The topological polar surface area (TPSA) is 141 Å². The molecule has 11 nitrogen and oxygen atoms in total. The summed E-state index contributed by atoms with van der Waals surface area (Å²) in [5.74, 6) is 0. The quantitative estimate of drug-likeness (QED) is 0.148. The normalized spacial score (nSPS) is 12.6. The van der Waals surface area contributed by atoms with Crippen molar-refractivity contribution in [1.82, 2.24) is 20.4 Å². The Morgan fingerprint density at radius 3 is 1.41 bits per heavy atom. The second kappa shape index (κ2) is 19.4. The Balaban J connectivity index is 1.92. The van der Waals surface area contributed by atoms with Crippen molar-refractivity contribution in [3.63, 3.8) is 0 Å². The maximum Gasteiger partial charge on any atom is 0.336 e. The molecular weight excluding hydrogens is 440 g/mol. The van der Waals surface area contributed by atoms with Crippen molar-refractivity contribution in [3.05, 3.63) is 0 Å². The van der Waals surface area contributed by atoms with Gasteiger partial charge in [-0.2, -0.15) is 0 Å². The van der Waals surface area contributed by atoms with E-state index in [1.165, 1.54) is 22.0 Å². The van der Waals surface area contributed by atoms with Crippen LogP contribution in [0.25, 0.3) is 0 Å². The van der Waals surface area contributed by atoms with Gasteiger partial charge in [0.25, 0.3) is 0 Å². The van der Waals surface area contributed by atoms with E-state index in [0.717, 1.165) is 77.0 Å². The Morgan fingerprint density at radius 2 is 1.00 bits per heavy atom. The van der Waals surface area contributed by atoms with Gasteiger partial charge in [0, 0.05) is 26.2 Å². The number of aliphatic imine (C=N–C) groups is 2. The minimum absolute atomic E-state index is 0.170. The molecule has 0 aromatic rings. The minimum atomic E-state index is -0.219. The maximum absolute atomic E-state index is 12.1. The molecule has 0 unspecified atom stereocenters. The zero-order valence-electron chi connectivity index (χ0n) is 20.1. The van der Waals surface area contributed by atoms with E-state index < -0.39 is 0 Å². The van der Waals surface area contributed by atoms with Gasteiger partial charge in [-0.25, -0.2) is 43.8 Å². The molecule has 1 aliphatic heterocycles. The Hall–Kier alpha value is -3.03. The van der Waals surface area contributed by atoms with Crippen molar-refractivity contribution in [2.24, 2.45) is 9.98 Å². The highest BCUT2D eigenvalue weighted by Crippen LogP contribution is 2.18. The third-order valence-electron chi connectivity index (χ3n) is 5.53. The molecule has 1 aliphatic rings. The first kappa shape index (κ1) is 29.0. The maximum atomic E-state index is 12.1. The summed E-state index contributed by atoms with van der Waals surface area (Å²) >= 11 is 0. The first-order valence-corrected chi connectivity index (χ1v) is 12.3. The third-order valence-corrected chi connectivity index (χ3v) is 5.53. The molecule has 0 radical (unpaired) electrons. The molecule has 0 saturated carbocycles. The van der Waals surface area contributed by atoms with E-state index in [1.54, 1.807) is 0 Å². The second-order valence-electron chi connectivity index (χ2n) is 8.24. The van der Waals surface area contributed by atoms with Crippen molar-refractivity contribution in [2.45, 2.75) is 77.0 Å². The summed E-state index contributed by atoms with van der Waals surface area (Å²) in [6.45, 7) is 3.08. The van der Waals surface area contributed by atoms with Gasteiger partial charge < -0.3 is 10.6 Å². The van der Waals surface area contributed by atoms with Crippen molar-refractivity contribution >= 4 is 30.3 Å². The van der Waals surface area contributed by atoms with Crippen LogP contribution in [0.2, 0.25) is 0 Å². The summed E-state index contributed by atoms with van der Waals surface area (Å²) < 4.78 is 0. The van der Waals surface area contributed by atoms with Crippen molar-refractivity contribution in [2.75, 3.05) is 39.3 Å². The minimum Gasteiger partial charge on any atom is -0.338 e. The van der Waals surface area contributed by atoms with Crippen LogP contribution in [0, 0.1) is 0 Å². The number of nitrogens with zero attached hydrogens (tertiary/aromatic N) is 4. The van der Waals surface area contributed by atoms with Gasteiger partial charge in [0.05, 0.1) is 13.1 Å². The fraction of sp³-hybridized carbons (Fsp3) is 0.783. The lowest BCUT2D eigenvalue weighted by atomic mass is 10.1. The summed E-state index contributed by atoms with van der Waals surface area (Å²) in [5.41, 5.74) is 0. The van der Waals surface area contributed by atoms with Gasteiger partial charge in [0.1, 0.15) is 0 Å². The van der Waals surface area contributed by atoms with Gasteiger partial charge in [-0.15, -0.1) is 0 Å². The van der Waals surface area contributed by atoms with Crippen LogP contribution >= 0.6 is 0 Å². The molecule has 0 aromatic carbocycles. The highest BCUT2D eigenvalue weighted by molar-refractivity contribution is 6.11. The number of rotatable bonds is 21. The Morgan fingerprint density at radius 1 is 0.618 bits per heavy atom. The van der Waals surface area contributed by atoms with E-state index in [1.807, 2.05) is 0 Å². The average Bonchev–Trinajstić information content (AvgIpc) is 2.84. The number of carbonyl (C=O) groups excluding carboxylic acids is 5. The first-order chi connectivity index (χ1) is 16.6. The molecular formula is C23H38N6O5. The molecule has 11 heteroatoms. The van der Waals surface area contributed by atoms with Gasteiger partial charge in [0.2, 0.25) is 12.2 Å². The summed E-state index contributed by atoms with van der Waals surface area (Å²) in [4.78, 5) is 65.4. The molecule has 0 bridgehead atoms. The summed E-state index contributed by atoms with van der Waals surface area (Å²) in [5, 5.41) is 5.65. The van der Waals surface area contributed by atoms with E-state index in [-0.39, 0.29) is 18.1 Å². The lowest BCUT2D eigenvalue weighted by molar-refractivity contribution is 0.104. The molecule has 1 heterocycles. The molecule has 190 valence electrons. The number of hydrogen-bond donors (Lipinski definition) is 2. The molecule has 34 heavy (non-hydrogen) atoms. The smallest absolute Gasteiger partial charge is 0.336 e. The SMILES string of the molecule is O=C=NCCCCCCNC(=O)NCCCCCCN1C(=O)N(CCCCCCN=C=O)C1=O. The Kier molecular flexibility index (Phi) is 16.6. The van der Waals surface area contributed by atoms with Gasteiger partial charge in [0.15, 0.2) is 0 Å². The van der Waals surface area contributed by atoms with Crippen LogP contribution in [0.5, 0.6) is 0 Å². The number of unbranched alkanes of at least 4 members (excludes halogenated alkanes) is 9. The van der Waals surface area contributed by atoms with Gasteiger partial charge >= 0.3 is 18.1 Å². The standard InChI is InChI=1S/C23H38N6O5/c30-19-24-13-7-1-2-9-15-26-21(32)27-16-10-4-6-12-18-29-22(33)28(23(29)34)17-11-5-3-8-14-25-20-31/h1-18H2,(H2,26,27,32). The van der Waals surface area contributed by atoms with E-state index in [9.17, 15) is 24.0 Å². The molecule has 0 atom stereocenters. The highest BCUT2D eigenvalue weighted by atomic mass is 16.2. The van der Waals surface area contributed by atoms with Gasteiger partial charge in [-0.3, -0.25) is 0 Å². The fourth-order valence-corrected chi connectivity index (χ4v) is 3.58. The number of nitrogens with one attached hydrogen (secondary N) is 2. The lowest BCUT2D eigenvalue weighted by Crippen LogP contribution is -2.64. The second-order valence-corrected chi connectivity index (χ2v) is 8.24. The number of isocyanates is 2. The summed E-state index contributed by atoms with van der Waals surface area (Å²) in [6.07, 6.45) is 13.5. The molecule has 0 aliphatic carbocycles. The molecule has 1 rings (SSSR count). The molecule has 1 saturated heterocycles. The van der Waals surface area contributed by atoms with E-state index >= 15 is 0 Å². The third kappa shape index (κ3) is 12.9. The zero-order chi connectivity index (χ0) is 24.9. The van der Waals surface area contributed by atoms with Crippen LogP contribution in [-0.4, -0.2) is 79.3 Å². The molecule has 0 aromatic heterocycles. The predicted octanol–water partition coefficient (Wildman–Crippen LogP) is 3.50. The van der Waals surface area contributed by atoms with Crippen LogP contribution in [0.4, 0.5) is 14.4 Å². The Bertz CT molecular complexity index is 703. The van der Waals surface area contributed by atoms with Crippen LogP contribution in [0.15, 0.2) is 9.98 Å². The number of hydrogen-bond acceptors (Lipinski definition) is 7. The lowest BCUT2D eigenvalue weighted by Gasteiger charge is -2.39. The van der Waals surface area contributed by atoms with Crippen LogP contribution in [-0.2, 0) is 9.59 Å². The number of imide groups is 2. The van der Waals surface area contributed by atoms with Crippen molar-refractivity contribution in [1.29, 1.82) is 0 Å². The van der Waals surface area contributed by atoms with Crippen LogP contribution < -0.4 is 10.6 Å². The van der Waals surface area contributed by atoms with Crippen molar-refractivity contribution < 1.29 is 24.0 Å². The number of urea groups is 3. The van der Waals surface area contributed by atoms with E-state index in [0.29, 0.717) is 39.3 Å². The summed E-state index contributed by atoms with van der Waals surface area (Å²) in [7, 11) is 0. The predicted molar refractivity (Wildman–Crippen MR) is 127 cm³/mol. The van der Waals surface area contributed by atoms with Gasteiger partial charge in [-0.1, -0.05) is 38.5 Å². The van der Waals surface area contributed by atoms with Gasteiger partial charge in [-0.05, 0) is 38.5 Å². The number of carbonyl (C=O) groups is 3. The van der Waals surface area contributed by atoms with Crippen molar-refractivity contribution in [3.8, 4) is 0 Å². The fourth-order valence-electron chi connectivity index (χ4n) is 3.58. The monoisotopic (exact) mass is 478 g/mol. The summed E-state index contributed by atoms with van der Waals surface area (Å²) in [6, 6.07) is -0.608. The van der Waals surface area contributed by atoms with E-state index in [4.69, 9.17) is 0 Å². The molecule has 0 spiro atoms. The Labute approximate surface area is 201 Å². The van der Waals surface area contributed by atoms with Crippen LogP contribution in [0.1, 0.15) is 77.0 Å². The molecule has 2 N–H and O–H groups in total.